The highest BCUT2D eigenvalue weighted by molar-refractivity contribution is 6.33. The van der Waals surface area contributed by atoms with Crippen molar-refractivity contribution in [3.8, 4) is 11.5 Å². The number of benzene rings is 1. The second-order valence-corrected chi connectivity index (χ2v) is 4.06. The van der Waals surface area contributed by atoms with Crippen LogP contribution < -0.4 is 4.74 Å². The average Bonchev–Trinajstić information content (AvgIpc) is 2.41. The Morgan fingerprint density at radius 2 is 2.15 bits per heavy atom. The first-order chi connectivity index (χ1) is 9.49. The normalized spacial score (nSPS) is 10.1. The Balaban J connectivity index is 2.38. The molecule has 0 spiro atoms. The summed E-state index contributed by atoms with van der Waals surface area (Å²) >= 11 is 5.72. The van der Waals surface area contributed by atoms with E-state index in [1.54, 1.807) is 0 Å². The van der Waals surface area contributed by atoms with E-state index < -0.39 is 10.9 Å². The zero-order chi connectivity index (χ0) is 14.7. The monoisotopic (exact) mass is 294 g/mol. The number of nitro groups is 1. The van der Waals surface area contributed by atoms with Crippen molar-refractivity contribution in [2.75, 3.05) is 0 Å². The Labute approximate surface area is 117 Å². The molecule has 0 radical (unpaired) electrons. The number of nitrogens with zero attached hydrogens (tertiary/aromatic N) is 2. The van der Waals surface area contributed by atoms with Gasteiger partial charge in [0.1, 0.15) is 11.9 Å². The van der Waals surface area contributed by atoms with Crippen LogP contribution in [-0.2, 0) is 0 Å². The summed E-state index contributed by atoms with van der Waals surface area (Å²) in [6.07, 6.45) is 2.37. The van der Waals surface area contributed by atoms with Crippen LogP contribution >= 0.6 is 11.6 Å². The molecule has 0 atom stereocenters. The van der Waals surface area contributed by atoms with Gasteiger partial charge in [0, 0.05) is 12.3 Å². The number of pyridine rings is 1. The van der Waals surface area contributed by atoms with Crippen LogP contribution in [0.15, 0.2) is 36.7 Å². The van der Waals surface area contributed by atoms with Crippen LogP contribution in [0.1, 0.15) is 10.4 Å². The van der Waals surface area contributed by atoms with Crippen LogP contribution in [0.25, 0.3) is 0 Å². The number of carboxylic acids is 1. The molecule has 1 aromatic carbocycles. The molecule has 2 aromatic rings. The highest BCUT2D eigenvalue weighted by atomic mass is 35.5. The average molecular weight is 295 g/mol. The lowest BCUT2D eigenvalue weighted by atomic mass is 10.2. The summed E-state index contributed by atoms with van der Waals surface area (Å²) in [4.78, 5) is 24.7. The standard InChI is InChI=1S/C12H7ClN2O5/c13-9-2-1-7(5-8(9)12(16)17)20-11-3-4-14-6-10(11)15(18)19/h1-6H,(H,16,17). The van der Waals surface area contributed by atoms with Crippen LogP contribution in [0.3, 0.4) is 0 Å². The number of hydrogen-bond donors (Lipinski definition) is 1. The molecule has 7 nitrogen and oxygen atoms in total. The molecule has 0 amide bonds. The minimum absolute atomic E-state index is 0.0383. The second kappa shape index (κ2) is 5.54. The minimum Gasteiger partial charge on any atom is -0.478 e. The number of rotatable bonds is 4. The van der Waals surface area contributed by atoms with Gasteiger partial charge in [-0.05, 0) is 18.2 Å². The molecule has 2 rings (SSSR count). The Kier molecular flexibility index (Phi) is 3.81. The third-order valence-electron chi connectivity index (χ3n) is 2.35. The number of aromatic carboxylic acids is 1. The first kappa shape index (κ1) is 13.8. The molecule has 0 aliphatic heterocycles. The fourth-order valence-electron chi connectivity index (χ4n) is 1.46. The van der Waals surface area contributed by atoms with E-state index in [0.717, 1.165) is 6.20 Å². The third-order valence-corrected chi connectivity index (χ3v) is 2.68. The summed E-state index contributed by atoms with van der Waals surface area (Å²) in [5, 5.41) is 19.8. The van der Waals surface area contributed by atoms with Crippen LogP contribution in [0.4, 0.5) is 5.69 Å². The van der Waals surface area contributed by atoms with Crippen molar-refractivity contribution in [3.63, 3.8) is 0 Å². The van der Waals surface area contributed by atoms with E-state index >= 15 is 0 Å². The van der Waals surface area contributed by atoms with Crippen molar-refractivity contribution < 1.29 is 19.6 Å². The molecule has 0 aliphatic rings. The molecular formula is C12H7ClN2O5. The fourth-order valence-corrected chi connectivity index (χ4v) is 1.65. The van der Waals surface area contributed by atoms with E-state index in [2.05, 4.69) is 4.98 Å². The number of aromatic nitrogens is 1. The zero-order valence-corrected chi connectivity index (χ0v) is 10.6. The van der Waals surface area contributed by atoms with Crippen molar-refractivity contribution in [1.29, 1.82) is 0 Å². The molecule has 0 saturated heterocycles. The van der Waals surface area contributed by atoms with Gasteiger partial charge in [0.25, 0.3) is 0 Å². The van der Waals surface area contributed by atoms with Crippen molar-refractivity contribution >= 4 is 23.3 Å². The van der Waals surface area contributed by atoms with Crippen molar-refractivity contribution in [2.24, 2.45) is 0 Å². The molecule has 1 N–H and O–H groups in total. The Morgan fingerprint density at radius 1 is 1.40 bits per heavy atom. The van der Waals surface area contributed by atoms with Gasteiger partial charge in [0.05, 0.1) is 15.5 Å². The summed E-state index contributed by atoms with van der Waals surface area (Å²) in [5.74, 6) is -1.13. The first-order valence-corrected chi connectivity index (χ1v) is 5.66. The van der Waals surface area contributed by atoms with Crippen molar-refractivity contribution in [3.05, 3.63) is 57.4 Å². The van der Waals surface area contributed by atoms with Gasteiger partial charge in [0.15, 0.2) is 0 Å². The number of ether oxygens (including phenoxy) is 1. The predicted molar refractivity (Wildman–Crippen MR) is 69.4 cm³/mol. The van der Waals surface area contributed by atoms with Crippen molar-refractivity contribution in [1.82, 2.24) is 4.98 Å². The lowest BCUT2D eigenvalue weighted by Crippen LogP contribution is -1.99. The van der Waals surface area contributed by atoms with Gasteiger partial charge in [-0.15, -0.1) is 0 Å². The molecule has 102 valence electrons. The second-order valence-electron chi connectivity index (χ2n) is 3.65. The Bertz CT molecular complexity index is 689. The lowest BCUT2D eigenvalue weighted by molar-refractivity contribution is -0.386. The topological polar surface area (TPSA) is 103 Å². The maximum Gasteiger partial charge on any atom is 0.337 e. The molecule has 1 aromatic heterocycles. The Hall–Kier alpha value is -2.67. The summed E-state index contributed by atoms with van der Waals surface area (Å²) in [6.45, 7) is 0. The summed E-state index contributed by atoms with van der Waals surface area (Å²) in [6, 6.07) is 5.26. The quantitative estimate of drug-likeness (QED) is 0.686. The summed E-state index contributed by atoms with van der Waals surface area (Å²) < 4.78 is 5.31. The maximum atomic E-state index is 10.9. The molecule has 1 heterocycles. The van der Waals surface area contributed by atoms with E-state index in [-0.39, 0.29) is 27.8 Å². The molecule has 20 heavy (non-hydrogen) atoms. The SMILES string of the molecule is O=C(O)c1cc(Oc2ccncc2[N+](=O)[O-])ccc1Cl. The van der Waals surface area contributed by atoms with Gasteiger partial charge in [-0.3, -0.25) is 15.1 Å². The van der Waals surface area contributed by atoms with Crippen LogP contribution in [0.5, 0.6) is 11.5 Å². The number of carbonyl (C=O) groups is 1. The highest BCUT2D eigenvalue weighted by Gasteiger charge is 2.17. The zero-order valence-electron chi connectivity index (χ0n) is 9.82. The molecule has 8 heteroatoms. The van der Waals surface area contributed by atoms with E-state index in [9.17, 15) is 14.9 Å². The van der Waals surface area contributed by atoms with Crippen LogP contribution in [-0.4, -0.2) is 21.0 Å². The predicted octanol–water partition coefficient (Wildman–Crippen LogP) is 3.13. The van der Waals surface area contributed by atoms with Gasteiger partial charge in [0.2, 0.25) is 5.75 Å². The van der Waals surface area contributed by atoms with Gasteiger partial charge in [-0.2, -0.15) is 0 Å². The molecule has 0 fully saturated rings. The van der Waals surface area contributed by atoms with E-state index in [1.165, 1.54) is 30.5 Å². The molecule has 0 saturated carbocycles. The van der Waals surface area contributed by atoms with Crippen LogP contribution in [0.2, 0.25) is 5.02 Å². The number of halogens is 1. The molecule has 0 bridgehead atoms. The maximum absolute atomic E-state index is 10.9. The lowest BCUT2D eigenvalue weighted by Gasteiger charge is -2.07. The Morgan fingerprint density at radius 3 is 2.80 bits per heavy atom. The van der Waals surface area contributed by atoms with E-state index in [0.29, 0.717) is 0 Å². The van der Waals surface area contributed by atoms with Gasteiger partial charge < -0.3 is 9.84 Å². The van der Waals surface area contributed by atoms with Gasteiger partial charge in [-0.25, -0.2) is 4.79 Å². The van der Waals surface area contributed by atoms with Crippen molar-refractivity contribution in [2.45, 2.75) is 0 Å². The summed E-state index contributed by atoms with van der Waals surface area (Å²) in [7, 11) is 0. The van der Waals surface area contributed by atoms with Gasteiger partial charge in [-0.1, -0.05) is 11.6 Å². The first-order valence-electron chi connectivity index (χ1n) is 5.28. The number of hydrogen-bond acceptors (Lipinski definition) is 5. The van der Waals surface area contributed by atoms with E-state index in [4.69, 9.17) is 21.4 Å². The van der Waals surface area contributed by atoms with Crippen LogP contribution in [0, 0.1) is 10.1 Å². The highest BCUT2D eigenvalue weighted by Crippen LogP contribution is 2.31. The smallest absolute Gasteiger partial charge is 0.337 e. The number of carboxylic acid groups (broad SMARTS) is 1. The van der Waals surface area contributed by atoms with Gasteiger partial charge >= 0.3 is 11.7 Å². The molecule has 0 aliphatic carbocycles. The molecular weight excluding hydrogens is 288 g/mol. The fraction of sp³-hybridized carbons (Fsp3) is 0. The third kappa shape index (κ3) is 2.83. The minimum atomic E-state index is -1.22. The molecule has 0 unspecified atom stereocenters. The summed E-state index contributed by atoms with van der Waals surface area (Å²) in [5.41, 5.74) is -0.472. The largest absolute Gasteiger partial charge is 0.478 e. The van der Waals surface area contributed by atoms with E-state index in [1.807, 2.05) is 0 Å².